The molecule has 0 N–H and O–H groups in total. The molecule has 0 aliphatic rings. The van der Waals surface area contributed by atoms with Gasteiger partial charge in [-0.05, 0) is 77.1 Å². The predicted octanol–water partition coefficient (Wildman–Crippen LogP) is 8.23. The second kappa shape index (κ2) is 14.7. The van der Waals surface area contributed by atoms with E-state index in [1.165, 1.54) is 11.1 Å². The van der Waals surface area contributed by atoms with Gasteiger partial charge in [0.15, 0.2) is 11.5 Å². The molecule has 0 amide bonds. The number of benzene rings is 4. The Balaban J connectivity index is 1.26. The number of nitrogens with zero attached hydrogens (tertiary/aromatic N) is 1. The number of methoxy groups -OCH3 is 2. The van der Waals surface area contributed by atoms with Crippen molar-refractivity contribution in [2.75, 3.05) is 14.2 Å². The number of aromatic nitrogens is 1. The zero-order valence-electron chi connectivity index (χ0n) is 25.1. The van der Waals surface area contributed by atoms with Crippen LogP contribution in [0.15, 0.2) is 115 Å². The average Bonchev–Trinajstić information content (AvgIpc) is 3.06. The maximum absolute atomic E-state index is 6.01. The molecule has 0 atom stereocenters. The Labute approximate surface area is 255 Å². The summed E-state index contributed by atoms with van der Waals surface area (Å²) >= 11 is 0. The molecule has 4 nitrogen and oxygen atoms in total. The highest BCUT2D eigenvalue weighted by molar-refractivity contribution is 5.70. The Hall–Kier alpha value is -5.09. The lowest BCUT2D eigenvalue weighted by molar-refractivity contribution is -0.675. The van der Waals surface area contributed by atoms with Gasteiger partial charge in [-0.2, -0.15) is 4.57 Å². The van der Waals surface area contributed by atoms with E-state index in [1.54, 1.807) is 14.2 Å². The summed E-state index contributed by atoms with van der Waals surface area (Å²) in [5.41, 5.74) is 7.97. The Morgan fingerprint density at radius 3 is 1.74 bits per heavy atom. The van der Waals surface area contributed by atoms with E-state index >= 15 is 0 Å². The second-order valence-electron chi connectivity index (χ2n) is 10.3. The standard InChI is InChI=1S/C39H38NO3/c1-40-35(24-19-31-18-23-34(38(27-31)41-2)22-17-30-11-6-4-7-12-30)15-10-16-36(40)25-20-32-21-26-37(39(28-32)42-3)43-29-33-13-8-5-9-14-33/h4-16,18-21,23-28H,17,22,29H2,1-3H3/q+1/b24-19+,25-20+. The largest absolute Gasteiger partial charge is 0.496 e. The van der Waals surface area contributed by atoms with Crippen molar-refractivity contribution in [2.24, 2.45) is 7.05 Å². The number of hydrogen-bond acceptors (Lipinski definition) is 3. The summed E-state index contributed by atoms with van der Waals surface area (Å²) in [6.07, 6.45) is 10.4. The zero-order valence-corrected chi connectivity index (χ0v) is 25.1. The van der Waals surface area contributed by atoms with E-state index in [4.69, 9.17) is 14.2 Å². The maximum Gasteiger partial charge on any atom is 0.205 e. The summed E-state index contributed by atoms with van der Waals surface area (Å²) in [5.74, 6) is 2.36. The predicted molar refractivity (Wildman–Crippen MR) is 176 cm³/mol. The minimum absolute atomic E-state index is 0.494. The molecule has 0 aliphatic carbocycles. The van der Waals surface area contributed by atoms with Crippen molar-refractivity contribution in [3.05, 3.63) is 154 Å². The van der Waals surface area contributed by atoms with Crippen LogP contribution in [0.4, 0.5) is 0 Å². The molecule has 1 aromatic heterocycles. The van der Waals surface area contributed by atoms with Crippen LogP contribution in [-0.4, -0.2) is 14.2 Å². The summed E-state index contributed by atoms with van der Waals surface area (Å²) < 4.78 is 19.5. The van der Waals surface area contributed by atoms with Crippen LogP contribution in [0.2, 0.25) is 0 Å². The van der Waals surface area contributed by atoms with E-state index in [9.17, 15) is 0 Å². The van der Waals surface area contributed by atoms with E-state index in [2.05, 4.69) is 103 Å². The molecule has 4 aromatic carbocycles. The van der Waals surface area contributed by atoms with Crippen molar-refractivity contribution in [2.45, 2.75) is 19.4 Å². The van der Waals surface area contributed by atoms with Gasteiger partial charge in [0.2, 0.25) is 11.4 Å². The normalized spacial score (nSPS) is 11.2. The number of pyridine rings is 1. The Morgan fingerprint density at radius 1 is 0.535 bits per heavy atom. The topological polar surface area (TPSA) is 31.6 Å². The van der Waals surface area contributed by atoms with Crippen molar-refractivity contribution in [1.82, 2.24) is 0 Å². The van der Waals surface area contributed by atoms with Crippen LogP contribution >= 0.6 is 0 Å². The molecule has 43 heavy (non-hydrogen) atoms. The molecule has 216 valence electrons. The number of hydrogen-bond donors (Lipinski definition) is 0. The van der Waals surface area contributed by atoms with Gasteiger partial charge in [0, 0.05) is 24.3 Å². The summed E-state index contributed by atoms with van der Waals surface area (Å²) in [4.78, 5) is 0. The quantitative estimate of drug-likeness (QED) is 0.142. The molecule has 0 bridgehead atoms. The van der Waals surface area contributed by atoms with Crippen molar-refractivity contribution in [3.63, 3.8) is 0 Å². The van der Waals surface area contributed by atoms with Gasteiger partial charge < -0.3 is 14.2 Å². The lowest BCUT2D eigenvalue weighted by Gasteiger charge is -2.11. The van der Waals surface area contributed by atoms with Crippen molar-refractivity contribution >= 4 is 24.3 Å². The number of aryl methyl sites for hydroxylation is 2. The van der Waals surface area contributed by atoms with Crippen LogP contribution in [-0.2, 0) is 26.5 Å². The Morgan fingerprint density at radius 2 is 1.12 bits per heavy atom. The molecule has 0 unspecified atom stereocenters. The first-order valence-electron chi connectivity index (χ1n) is 14.5. The lowest BCUT2D eigenvalue weighted by atomic mass is 10.0. The molecular formula is C39H38NO3+. The molecule has 0 aliphatic heterocycles. The van der Waals surface area contributed by atoms with Gasteiger partial charge in [0.25, 0.3) is 0 Å². The highest BCUT2D eigenvalue weighted by Gasteiger charge is 2.10. The van der Waals surface area contributed by atoms with E-state index in [1.807, 2.05) is 48.5 Å². The first-order chi connectivity index (χ1) is 21.1. The molecule has 0 saturated carbocycles. The van der Waals surface area contributed by atoms with Gasteiger partial charge in [-0.3, -0.25) is 0 Å². The summed E-state index contributed by atoms with van der Waals surface area (Å²) in [7, 11) is 5.49. The number of rotatable bonds is 12. The Kier molecular flexibility index (Phi) is 10.0. The molecule has 1 heterocycles. The summed E-state index contributed by atoms with van der Waals surface area (Å²) in [6.45, 7) is 0.494. The van der Waals surface area contributed by atoms with Gasteiger partial charge >= 0.3 is 0 Å². The highest BCUT2D eigenvalue weighted by atomic mass is 16.5. The summed E-state index contributed by atoms with van der Waals surface area (Å²) in [6, 6.07) is 39.4. The summed E-state index contributed by atoms with van der Waals surface area (Å²) in [5, 5.41) is 0. The maximum atomic E-state index is 6.01. The van der Waals surface area contributed by atoms with Crippen LogP contribution < -0.4 is 18.8 Å². The lowest BCUT2D eigenvalue weighted by Crippen LogP contribution is -2.35. The van der Waals surface area contributed by atoms with Crippen molar-refractivity contribution in [3.8, 4) is 17.2 Å². The second-order valence-corrected chi connectivity index (χ2v) is 10.3. The van der Waals surface area contributed by atoms with Gasteiger partial charge in [-0.15, -0.1) is 0 Å². The zero-order chi connectivity index (χ0) is 29.9. The smallest absolute Gasteiger partial charge is 0.205 e. The van der Waals surface area contributed by atoms with Gasteiger partial charge in [0.1, 0.15) is 19.4 Å². The SMILES string of the molecule is COc1cc(/C=C/c2cccc(/C=C/c3ccc(OCc4ccccc4)c(OC)c3)[n+]2C)ccc1CCc1ccccc1. The molecule has 0 radical (unpaired) electrons. The minimum atomic E-state index is 0.494. The fourth-order valence-corrected chi connectivity index (χ4v) is 4.95. The van der Waals surface area contributed by atoms with Crippen LogP contribution in [0.25, 0.3) is 24.3 Å². The third-order valence-corrected chi connectivity index (χ3v) is 7.46. The molecule has 0 spiro atoms. The highest BCUT2D eigenvalue weighted by Crippen LogP contribution is 2.29. The van der Waals surface area contributed by atoms with Crippen molar-refractivity contribution in [1.29, 1.82) is 0 Å². The molecule has 0 fully saturated rings. The third kappa shape index (κ3) is 8.02. The van der Waals surface area contributed by atoms with Gasteiger partial charge in [0.05, 0.1) is 14.2 Å². The molecule has 5 rings (SSSR count). The number of ether oxygens (including phenoxy) is 3. The monoisotopic (exact) mass is 568 g/mol. The van der Waals surface area contributed by atoms with Crippen LogP contribution in [0.1, 0.15) is 39.2 Å². The van der Waals surface area contributed by atoms with E-state index in [-0.39, 0.29) is 0 Å². The Bertz CT molecular complexity index is 1570. The van der Waals surface area contributed by atoms with E-state index in [0.29, 0.717) is 12.4 Å². The molecule has 5 aromatic rings. The van der Waals surface area contributed by atoms with Gasteiger partial charge in [-0.25, -0.2) is 0 Å². The van der Waals surface area contributed by atoms with Crippen LogP contribution in [0, 0.1) is 0 Å². The minimum Gasteiger partial charge on any atom is -0.496 e. The molecule has 4 heteroatoms. The average molecular weight is 569 g/mol. The fourth-order valence-electron chi connectivity index (χ4n) is 4.95. The first-order valence-corrected chi connectivity index (χ1v) is 14.5. The van der Waals surface area contributed by atoms with Crippen LogP contribution in [0.3, 0.4) is 0 Å². The van der Waals surface area contributed by atoms with E-state index < -0.39 is 0 Å². The van der Waals surface area contributed by atoms with Crippen molar-refractivity contribution < 1.29 is 18.8 Å². The van der Waals surface area contributed by atoms with Gasteiger partial charge in [-0.1, -0.05) is 78.9 Å². The molecule has 0 saturated heterocycles. The van der Waals surface area contributed by atoms with E-state index in [0.717, 1.165) is 52.4 Å². The third-order valence-electron chi connectivity index (χ3n) is 7.46. The first kappa shape index (κ1) is 29.4. The fraction of sp³-hybridized carbons (Fsp3) is 0.154. The molecular weight excluding hydrogens is 530 g/mol. The van der Waals surface area contributed by atoms with Crippen LogP contribution in [0.5, 0.6) is 17.2 Å².